The Labute approximate surface area is 229 Å². The van der Waals surface area contributed by atoms with Gasteiger partial charge in [-0.15, -0.1) is 0 Å². The summed E-state index contributed by atoms with van der Waals surface area (Å²) in [5.74, 6) is -0.504. The average Bonchev–Trinajstić information content (AvgIpc) is 3.09. The highest BCUT2D eigenvalue weighted by atomic mass is 16.2. The summed E-state index contributed by atoms with van der Waals surface area (Å²) in [6.45, 7) is 2.01. The van der Waals surface area contributed by atoms with E-state index in [1.165, 1.54) is 0 Å². The summed E-state index contributed by atoms with van der Waals surface area (Å²) < 4.78 is 0. The molecule has 4 N–H and O–H groups in total. The van der Waals surface area contributed by atoms with Crippen molar-refractivity contribution in [2.45, 2.75) is 70.0 Å². The van der Waals surface area contributed by atoms with Gasteiger partial charge in [0.1, 0.15) is 0 Å². The van der Waals surface area contributed by atoms with E-state index >= 15 is 0 Å². The molecule has 5 rings (SSSR count). The Bertz CT molecular complexity index is 1340. The number of hydrogen-bond acceptors (Lipinski definition) is 4. The molecule has 7 nitrogen and oxygen atoms in total. The third-order valence-electron chi connectivity index (χ3n) is 7.82. The number of hydrogen-bond donors (Lipinski definition) is 3. The molecule has 0 spiro atoms. The van der Waals surface area contributed by atoms with E-state index in [1.807, 2.05) is 61.5 Å². The maximum absolute atomic E-state index is 13.9. The lowest BCUT2D eigenvalue weighted by molar-refractivity contribution is -0.119. The number of nitrogens with one attached hydrogen (secondary N) is 2. The van der Waals surface area contributed by atoms with Gasteiger partial charge in [0.15, 0.2) is 0 Å². The van der Waals surface area contributed by atoms with E-state index in [0.717, 1.165) is 42.4 Å². The molecule has 3 aromatic rings. The van der Waals surface area contributed by atoms with Gasteiger partial charge in [-0.25, -0.2) is 0 Å². The summed E-state index contributed by atoms with van der Waals surface area (Å²) in [4.78, 5) is 41.9. The van der Waals surface area contributed by atoms with Crippen LogP contribution in [-0.2, 0) is 16.0 Å². The molecule has 1 fully saturated rings. The molecule has 3 aromatic carbocycles. The fourth-order valence-corrected chi connectivity index (χ4v) is 5.59. The number of aryl methyl sites for hydroxylation is 2. The van der Waals surface area contributed by atoms with Gasteiger partial charge in [0, 0.05) is 24.1 Å². The number of nitrogens with two attached hydrogens (primary N) is 1. The standard InChI is InChI=1S/C32H36N4O3/c1-21-11-14-23(15-12-21)29-20-30(37)34-27-19-24(32(39)35-26-10-6-5-9-25(26)33)16-17-28(27)36(29)31(38)18-13-22-7-3-2-4-8-22/h2-4,7-8,11-12,14-17,19,25-26,29H,5-6,9-10,13,18,20,33H2,1H3,(H,34,37)(H,35,39). The van der Waals surface area contributed by atoms with Gasteiger partial charge >= 0.3 is 0 Å². The van der Waals surface area contributed by atoms with Gasteiger partial charge in [-0.2, -0.15) is 0 Å². The van der Waals surface area contributed by atoms with Crippen molar-refractivity contribution in [3.8, 4) is 0 Å². The van der Waals surface area contributed by atoms with Crippen LogP contribution >= 0.6 is 0 Å². The second-order valence-electron chi connectivity index (χ2n) is 10.7. The van der Waals surface area contributed by atoms with Gasteiger partial charge in [-0.1, -0.05) is 73.0 Å². The lowest BCUT2D eigenvalue weighted by Crippen LogP contribution is -2.49. The number of amides is 3. The van der Waals surface area contributed by atoms with Crippen molar-refractivity contribution in [1.29, 1.82) is 0 Å². The van der Waals surface area contributed by atoms with Crippen molar-refractivity contribution in [3.05, 3.63) is 95.1 Å². The van der Waals surface area contributed by atoms with Crippen LogP contribution < -0.4 is 21.3 Å². The highest BCUT2D eigenvalue weighted by Crippen LogP contribution is 2.39. The number of carbonyl (C=O) groups is 3. The smallest absolute Gasteiger partial charge is 0.251 e. The number of nitrogens with zero attached hydrogens (tertiary/aromatic N) is 1. The van der Waals surface area contributed by atoms with E-state index in [9.17, 15) is 14.4 Å². The van der Waals surface area contributed by atoms with Crippen LogP contribution in [0, 0.1) is 6.92 Å². The van der Waals surface area contributed by atoms with Crippen LogP contribution in [0.25, 0.3) is 0 Å². The number of fused-ring (bicyclic) bond motifs is 1. The van der Waals surface area contributed by atoms with Crippen LogP contribution in [0.5, 0.6) is 0 Å². The summed E-state index contributed by atoms with van der Waals surface area (Å²) >= 11 is 0. The second kappa shape index (κ2) is 11.8. The molecule has 1 saturated carbocycles. The van der Waals surface area contributed by atoms with Crippen LogP contribution in [0.1, 0.15) is 71.6 Å². The van der Waals surface area contributed by atoms with Crippen molar-refractivity contribution >= 4 is 29.1 Å². The molecule has 0 saturated heterocycles. The van der Waals surface area contributed by atoms with E-state index in [-0.39, 0.29) is 36.2 Å². The van der Waals surface area contributed by atoms with Crippen LogP contribution in [0.2, 0.25) is 0 Å². The zero-order valence-corrected chi connectivity index (χ0v) is 22.4. The molecule has 2 aliphatic rings. The lowest BCUT2D eigenvalue weighted by atomic mass is 9.91. The van der Waals surface area contributed by atoms with Crippen LogP contribution in [0.4, 0.5) is 11.4 Å². The summed E-state index contributed by atoms with van der Waals surface area (Å²) in [6.07, 6.45) is 4.88. The maximum atomic E-state index is 13.9. The van der Waals surface area contributed by atoms with Crippen LogP contribution in [0.15, 0.2) is 72.8 Å². The Morgan fingerprint density at radius 1 is 1.00 bits per heavy atom. The summed E-state index contributed by atoms with van der Waals surface area (Å²) in [5.41, 5.74) is 10.8. The van der Waals surface area contributed by atoms with Gasteiger partial charge in [-0.3, -0.25) is 14.4 Å². The molecule has 0 radical (unpaired) electrons. The van der Waals surface area contributed by atoms with Gasteiger partial charge in [0.25, 0.3) is 5.91 Å². The first-order valence-electron chi connectivity index (χ1n) is 13.8. The minimum Gasteiger partial charge on any atom is -0.348 e. The van der Waals surface area contributed by atoms with Gasteiger partial charge < -0.3 is 21.3 Å². The normalized spacial score (nSPS) is 20.9. The molecular weight excluding hydrogens is 488 g/mol. The van der Waals surface area contributed by atoms with E-state index in [2.05, 4.69) is 10.6 Å². The zero-order chi connectivity index (χ0) is 27.4. The minimum absolute atomic E-state index is 0.0591. The Kier molecular flexibility index (Phi) is 8.07. The molecule has 7 heteroatoms. The molecule has 0 aromatic heterocycles. The Morgan fingerprint density at radius 3 is 2.49 bits per heavy atom. The first-order chi connectivity index (χ1) is 18.9. The molecule has 1 heterocycles. The van der Waals surface area contributed by atoms with Crippen molar-refractivity contribution in [2.24, 2.45) is 5.73 Å². The molecule has 3 unspecified atom stereocenters. The van der Waals surface area contributed by atoms with Crippen molar-refractivity contribution in [1.82, 2.24) is 5.32 Å². The Hall–Kier alpha value is -3.97. The molecule has 202 valence electrons. The minimum atomic E-state index is -0.463. The molecule has 0 bridgehead atoms. The highest BCUT2D eigenvalue weighted by molar-refractivity contribution is 6.06. The highest BCUT2D eigenvalue weighted by Gasteiger charge is 2.34. The van der Waals surface area contributed by atoms with Crippen molar-refractivity contribution in [2.75, 3.05) is 10.2 Å². The lowest BCUT2D eigenvalue weighted by Gasteiger charge is -2.31. The third-order valence-corrected chi connectivity index (χ3v) is 7.82. The summed E-state index contributed by atoms with van der Waals surface area (Å²) in [7, 11) is 0. The molecule has 3 amide bonds. The van der Waals surface area contributed by atoms with Crippen molar-refractivity contribution < 1.29 is 14.4 Å². The second-order valence-corrected chi connectivity index (χ2v) is 10.7. The number of carbonyl (C=O) groups excluding carboxylic acids is 3. The van der Waals surface area contributed by atoms with Crippen LogP contribution in [-0.4, -0.2) is 29.8 Å². The Balaban J connectivity index is 1.47. The molecule has 1 aliphatic carbocycles. The average molecular weight is 525 g/mol. The van der Waals surface area contributed by atoms with E-state index in [0.29, 0.717) is 29.8 Å². The van der Waals surface area contributed by atoms with E-state index in [1.54, 1.807) is 23.1 Å². The first kappa shape index (κ1) is 26.6. The molecule has 39 heavy (non-hydrogen) atoms. The SMILES string of the molecule is Cc1ccc(C2CC(=O)Nc3cc(C(=O)NC4CCCCC4N)ccc3N2C(=O)CCc2ccccc2)cc1. The maximum Gasteiger partial charge on any atom is 0.251 e. The van der Waals surface area contributed by atoms with E-state index in [4.69, 9.17) is 5.73 Å². The summed E-state index contributed by atoms with van der Waals surface area (Å²) in [5, 5.41) is 6.04. The first-order valence-corrected chi connectivity index (χ1v) is 13.8. The molecular formula is C32H36N4O3. The predicted octanol–water partition coefficient (Wildman–Crippen LogP) is 5.04. The van der Waals surface area contributed by atoms with Gasteiger partial charge in [0.05, 0.1) is 23.8 Å². The largest absolute Gasteiger partial charge is 0.348 e. The fourth-order valence-electron chi connectivity index (χ4n) is 5.59. The third kappa shape index (κ3) is 6.20. The van der Waals surface area contributed by atoms with Gasteiger partial charge in [0.2, 0.25) is 11.8 Å². The molecule has 3 atom stereocenters. The van der Waals surface area contributed by atoms with E-state index < -0.39 is 6.04 Å². The monoisotopic (exact) mass is 524 g/mol. The Morgan fingerprint density at radius 2 is 1.74 bits per heavy atom. The summed E-state index contributed by atoms with van der Waals surface area (Å²) in [6, 6.07) is 22.4. The van der Waals surface area contributed by atoms with Gasteiger partial charge in [-0.05, 0) is 55.5 Å². The quantitative estimate of drug-likeness (QED) is 0.420. The van der Waals surface area contributed by atoms with Crippen molar-refractivity contribution in [3.63, 3.8) is 0 Å². The molecule has 1 aliphatic heterocycles. The predicted molar refractivity (Wildman–Crippen MR) is 154 cm³/mol. The number of anilines is 2. The topological polar surface area (TPSA) is 105 Å². The fraction of sp³-hybridized carbons (Fsp3) is 0.344. The van der Waals surface area contributed by atoms with Crippen LogP contribution in [0.3, 0.4) is 0 Å². The zero-order valence-electron chi connectivity index (χ0n) is 22.4. The number of benzene rings is 3. The number of rotatable bonds is 6.